The molecule has 3 rings (SSSR count). The molecule has 1 aromatic heterocycles. The third-order valence-corrected chi connectivity index (χ3v) is 4.58. The second-order valence-corrected chi connectivity index (χ2v) is 7.59. The lowest BCUT2D eigenvalue weighted by atomic mass is 10.1. The van der Waals surface area contributed by atoms with Crippen molar-refractivity contribution in [3.8, 4) is 11.3 Å². The molecule has 0 aliphatic heterocycles. The maximum Gasteiger partial charge on any atom is 0.323 e. The van der Waals surface area contributed by atoms with Crippen LogP contribution >= 0.6 is 0 Å². The number of carboxylic acids is 1. The molecule has 2 aromatic carbocycles. The number of hydrogen-bond donors (Lipinski definition) is 4. The quantitative estimate of drug-likeness (QED) is 0.398. The van der Waals surface area contributed by atoms with Gasteiger partial charge in [0.25, 0.3) is 11.5 Å². The average Bonchev–Trinajstić information content (AvgIpc) is 2.74. The molecule has 0 fully saturated rings. The van der Waals surface area contributed by atoms with Crippen LogP contribution in [0.15, 0.2) is 59.5 Å². The highest BCUT2D eigenvalue weighted by molar-refractivity contribution is 5.96. The van der Waals surface area contributed by atoms with E-state index in [1.54, 1.807) is 12.1 Å². The van der Waals surface area contributed by atoms with Gasteiger partial charge in [-0.25, -0.2) is 4.98 Å². The maximum atomic E-state index is 12.9. The van der Waals surface area contributed by atoms with E-state index in [2.05, 4.69) is 15.6 Å². The zero-order valence-electron chi connectivity index (χ0n) is 17.8. The van der Waals surface area contributed by atoms with Gasteiger partial charge in [-0.05, 0) is 37.6 Å². The van der Waals surface area contributed by atoms with E-state index < -0.39 is 18.1 Å². The molecule has 0 saturated heterocycles. The molecule has 1 amide bonds. The Morgan fingerprint density at radius 1 is 1.16 bits per heavy atom. The van der Waals surface area contributed by atoms with Gasteiger partial charge in [0.15, 0.2) is 5.82 Å². The Morgan fingerprint density at radius 3 is 2.53 bits per heavy atom. The molecule has 0 aliphatic carbocycles. The number of benzene rings is 2. The predicted molar refractivity (Wildman–Crippen MR) is 122 cm³/mol. The van der Waals surface area contributed by atoms with Crippen LogP contribution in [0.5, 0.6) is 0 Å². The number of aliphatic carboxylic acids is 1. The number of anilines is 2. The molecule has 5 N–H and O–H groups in total. The number of aromatic nitrogens is 2. The molecule has 0 saturated carbocycles. The fourth-order valence-corrected chi connectivity index (χ4v) is 3.19. The van der Waals surface area contributed by atoms with Gasteiger partial charge in [-0.3, -0.25) is 19.0 Å². The number of carboxylic acid groups (broad SMARTS) is 1. The molecule has 32 heavy (non-hydrogen) atoms. The Kier molecular flexibility index (Phi) is 6.89. The minimum atomic E-state index is -1.18. The van der Waals surface area contributed by atoms with E-state index in [-0.39, 0.29) is 29.0 Å². The molecule has 0 spiro atoms. The van der Waals surface area contributed by atoms with Crippen molar-refractivity contribution >= 4 is 23.4 Å². The Labute approximate surface area is 184 Å². The van der Waals surface area contributed by atoms with Crippen molar-refractivity contribution in [2.24, 2.45) is 0 Å². The number of nitrogens with zero attached hydrogens (tertiary/aromatic N) is 2. The summed E-state index contributed by atoms with van der Waals surface area (Å²) in [6.45, 7) is 3.46. The van der Waals surface area contributed by atoms with Crippen LogP contribution in [0.25, 0.3) is 11.3 Å². The Balaban J connectivity index is 1.97. The van der Waals surface area contributed by atoms with E-state index in [9.17, 15) is 19.5 Å². The second-order valence-electron chi connectivity index (χ2n) is 7.59. The molecule has 3 aromatic rings. The van der Waals surface area contributed by atoms with Crippen LogP contribution in [-0.4, -0.2) is 32.6 Å². The normalized spacial score (nSPS) is 10.7. The second kappa shape index (κ2) is 9.78. The zero-order chi connectivity index (χ0) is 23.3. The van der Waals surface area contributed by atoms with Crippen molar-refractivity contribution in [2.75, 3.05) is 11.1 Å². The number of nitrogen functional groups attached to an aromatic ring is 1. The number of rotatable bonds is 8. The van der Waals surface area contributed by atoms with Crippen LogP contribution in [0.3, 0.4) is 0 Å². The fourth-order valence-electron chi connectivity index (χ4n) is 3.19. The molecule has 0 unspecified atom stereocenters. The summed E-state index contributed by atoms with van der Waals surface area (Å²) in [6.07, 6.45) is 1.40. The zero-order valence-corrected chi connectivity index (χ0v) is 17.8. The molecular weight excluding hydrogens is 410 g/mol. The summed E-state index contributed by atoms with van der Waals surface area (Å²) in [6, 6.07) is 14.0. The highest BCUT2D eigenvalue weighted by Crippen LogP contribution is 2.23. The molecule has 0 atom stereocenters. The van der Waals surface area contributed by atoms with Crippen molar-refractivity contribution in [2.45, 2.75) is 33.0 Å². The third kappa shape index (κ3) is 5.51. The summed E-state index contributed by atoms with van der Waals surface area (Å²) in [7, 11) is 0. The predicted octanol–water partition coefficient (Wildman–Crippen LogP) is 2.33. The standard InChI is InChI=1S/C23H25N5O4/c1-14(2)27-21-23(32)28(13-20(29)30)19(12-25-21)16-8-17(10-18(24)9-16)22(31)26-11-15-6-4-3-5-7-15/h3-10,12,14H,11,13,24H2,1-2H3,(H,25,27)(H,26,31)(H,29,30). The number of hydrogen-bond acceptors (Lipinski definition) is 6. The lowest BCUT2D eigenvalue weighted by Gasteiger charge is -2.16. The number of carbonyl (C=O) groups is 2. The molecular formula is C23H25N5O4. The fraction of sp³-hybridized carbons (Fsp3) is 0.217. The van der Waals surface area contributed by atoms with Gasteiger partial charge in [-0.15, -0.1) is 0 Å². The Morgan fingerprint density at radius 2 is 1.88 bits per heavy atom. The van der Waals surface area contributed by atoms with Gasteiger partial charge in [0.1, 0.15) is 6.54 Å². The summed E-state index contributed by atoms with van der Waals surface area (Å²) >= 11 is 0. The molecule has 0 bridgehead atoms. The molecule has 166 valence electrons. The van der Waals surface area contributed by atoms with Gasteiger partial charge in [0.05, 0.1) is 11.9 Å². The first-order valence-electron chi connectivity index (χ1n) is 10.1. The smallest absolute Gasteiger partial charge is 0.323 e. The number of amides is 1. The van der Waals surface area contributed by atoms with Gasteiger partial charge < -0.3 is 21.5 Å². The van der Waals surface area contributed by atoms with Crippen molar-refractivity contribution in [1.29, 1.82) is 0 Å². The maximum absolute atomic E-state index is 12.9. The van der Waals surface area contributed by atoms with Gasteiger partial charge in [-0.1, -0.05) is 30.3 Å². The minimum absolute atomic E-state index is 0.0507. The lowest BCUT2D eigenvalue weighted by molar-refractivity contribution is -0.137. The third-order valence-electron chi connectivity index (χ3n) is 4.58. The van der Waals surface area contributed by atoms with Crippen LogP contribution in [0.2, 0.25) is 0 Å². The summed E-state index contributed by atoms with van der Waals surface area (Å²) in [5, 5.41) is 15.1. The largest absolute Gasteiger partial charge is 0.480 e. The topological polar surface area (TPSA) is 139 Å². The molecule has 9 nitrogen and oxygen atoms in total. The molecule has 0 radical (unpaired) electrons. The Hall–Kier alpha value is -4.14. The van der Waals surface area contributed by atoms with Crippen molar-refractivity contribution < 1.29 is 14.7 Å². The van der Waals surface area contributed by atoms with Crippen LogP contribution < -0.4 is 21.9 Å². The van der Waals surface area contributed by atoms with Gasteiger partial charge >= 0.3 is 5.97 Å². The van der Waals surface area contributed by atoms with Crippen molar-refractivity contribution in [3.63, 3.8) is 0 Å². The number of nitrogens with one attached hydrogen (secondary N) is 2. The summed E-state index contributed by atoms with van der Waals surface area (Å²) in [4.78, 5) is 41.1. The van der Waals surface area contributed by atoms with E-state index in [4.69, 9.17) is 5.73 Å². The van der Waals surface area contributed by atoms with Crippen LogP contribution in [0.1, 0.15) is 29.8 Å². The van der Waals surface area contributed by atoms with Crippen molar-refractivity contribution in [3.05, 3.63) is 76.2 Å². The lowest BCUT2D eigenvalue weighted by Crippen LogP contribution is -2.30. The van der Waals surface area contributed by atoms with Crippen LogP contribution in [0.4, 0.5) is 11.5 Å². The highest BCUT2D eigenvalue weighted by atomic mass is 16.4. The van der Waals surface area contributed by atoms with E-state index in [0.29, 0.717) is 17.8 Å². The van der Waals surface area contributed by atoms with E-state index in [1.165, 1.54) is 12.3 Å². The monoisotopic (exact) mass is 435 g/mol. The van der Waals surface area contributed by atoms with E-state index in [0.717, 1.165) is 10.1 Å². The Bertz CT molecular complexity index is 1190. The number of nitrogens with two attached hydrogens (primary N) is 1. The first-order chi connectivity index (χ1) is 15.2. The highest BCUT2D eigenvalue weighted by Gasteiger charge is 2.17. The first-order valence-corrected chi connectivity index (χ1v) is 10.1. The summed E-state index contributed by atoms with van der Waals surface area (Å²) in [5.74, 6) is -1.48. The summed E-state index contributed by atoms with van der Waals surface area (Å²) in [5.41, 5.74) is 7.62. The van der Waals surface area contributed by atoms with Crippen molar-refractivity contribution in [1.82, 2.24) is 14.9 Å². The number of carbonyl (C=O) groups excluding carboxylic acids is 1. The molecule has 1 heterocycles. The summed E-state index contributed by atoms with van der Waals surface area (Å²) < 4.78 is 1.10. The van der Waals surface area contributed by atoms with Gasteiger partial charge in [0, 0.05) is 29.4 Å². The van der Waals surface area contributed by atoms with Gasteiger partial charge in [-0.2, -0.15) is 0 Å². The van der Waals surface area contributed by atoms with Gasteiger partial charge in [0.2, 0.25) is 0 Å². The van der Waals surface area contributed by atoms with E-state index in [1.807, 2.05) is 44.2 Å². The average molecular weight is 435 g/mol. The SMILES string of the molecule is CC(C)Nc1ncc(-c2cc(N)cc(C(=O)NCc3ccccc3)c2)n(CC(=O)O)c1=O. The van der Waals surface area contributed by atoms with Crippen LogP contribution in [-0.2, 0) is 17.9 Å². The first kappa shape index (κ1) is 22.5. The minimum Gasteiger partial charge on any atom is -0.480 e. The van der Waals surface area contributed by atoms with Crippen LogP contribution in [0, 0.1) is 0 Å². The van der Waals surface area contributed by atoms with E-state index >= 15 is 0 Å². The molecule has 9 heteroatoms. The molecule has 0 aliphatic rings.